The molecular formula is C20H15FIN3S. The molecule has 0 atom stereocenters. The van der Waals surface area contributed by atoms with Crippen LogP contribution >= 0.6 is 30.3 Å². The summed E-state index contributed by atoms with van der Waals surface area (Å²) in [5.74, 6) is -0.195. The smallest absolute Gasteiger partial charge is 0.151 e. The Bertz CT molecular complexity index is 1120. The Labute approximate surface area is 167 Å². The highest BCUT2D eigenvalue weighted by atomic mass is 127. The van der Waals surface area contributed by atoms with E-state index in [1.165, 1.54) is 9.12 Å². The van der Waals surface area contributed by atoms with Crippen molar-refractivity contribution in [2.75, 3.05) is 5.73 Å². The van der Waals surface area contributed by atoms with Crippen LogP contribution in [-0.4, -0.2) is 8.96 Å². The summed E-state index contributed by atoms with van der Waals surface area (Å²) in [6.45, 7) is 1.78. The maximum Gasteiger partial charge on any atom is 0.151 e. The molecule has 0 saturated heterocycles. The Morgan fingerprint density at radius 1 is 1.08 bits per heavy atom. The lowest BCUT2D eigenvalue weighted by molar-refractivity contribution is 0.622. The zero-order chi connectivity index (χ0) is 18.3. The Morgan fingerprint density at radius 3 is 2.65 bits per heavy atom. The second-order valence-corrected chi connectivity index (χ2v) is 7.81. The van der Waals surface area contributed by atoms with Crippen LogP contribution in [0.5, 0.6) is 0 Å². The fourth-order valence-electron chi connectivity index (χ4n) is 3.08. The number of benzene rings is 2. The molecule has 2 aromatic heterocycles. The molecule has 0 bridgehead atoms. The summed E-state index contributed by atoms with van der Waals surface area (Å²) >= 11 is 2.20. The first-order valence-corrected chi connectivity index (χ1v) is 11.3. The molecule has 2 aromatic carbocycles. The first-order chi connectivity index (χ1) is 12.6. The van der Waals surface area contributed by atoms with Gasteiger partial charge in [0.15, 0.2) is 5.65 Å². The minimum absolute atomic E-state index is 0.195. The lowest BCUT2D eigenvalue weighted by Crippen LogP contribution is -1.89. The van der Waals surface area contributed by atoms with E-state index in [1.54, 1.807) is 13.0 Å². The van der Waals surface area contributed by atoms with Crippen molar-refractivity contribution >= 4 is 47.0 Å². The van der Waals surface area contributed by atoms with Gasteiger partial charge in [-0.15, -0.1) is 0 Å². The fraction of sp³-hybridized carbons (Fsp3) is 0.0500. The normalized spacial score (nSPS) is 11.2. The SMILES string of the molecule is Cc1cccc(-c2cn(SI)c3ncc(-c4cccc(N)c4)cc23)c1F. The number of hydrogen-bond acceptors (Lipinski definition) is 3. The van der Waals surface area contributed by atoms with Crippen molar-refractivity contribution in [1.82, 2.24) is 8.96 Å². The van der Waals surface area contributed by atoms with Crippen molar-refractivity contribution in [3.63, 3.8) is 0 Å². The molecule has 0 saturated carbocycles. The molecule has 0 aliphatic heterocycles. The van der Waals surface area contributed by atoms with Crippen LogP contribution in [0.15, 0.2) is 60.9 Å². The van der Waals surface area contributed by atoms with Crippen LogP contribution in [0.4, 0.5) is 10.1 Å². The van der Waals surface area contributed by atoms with Crippen LogP contribution in [0.25, 0.3) is 33.3 Å². The fourth-order valence-corrected chi connectivity index (χ4v) is 4.33. The Morgan fingerprint density at radius 2 is 1.88 bits per heavy atom. The van der Waals surface area contributed by atoms with E-state index in [2.05, 4.69) is 32.3 Å². The van der Waals surface area contributed by atoms with E-state index in [1.807, 2.05) is 52.8 Å². The minimum Gasteiger partial charge on any atom is -0.399 e. The number of pyridine rings is 1. The number of rotatable bonds is 3. The molecule has 26 heavy (non-hydrogen) atoms. The van der Waals surface area contributed by atoms with Gasteiger partial charge in [-0.25, -0.2) is 9.37 Å². The molecule has 0 aliphatic carbocycles. The summed E-state index contributed by atoms with van der Waals surface area (Å²) < 4.78 is 16.7. The number of halogens is 2. The van der Waals surface area contributed by atoms with Crippen LogP contribution in [0, 0.1) is 12.7 Å². The van der Waals surface area contributed by atoms with Gasteiger partial charge in [-0.1, -0.05) is 30.3 Å². The molecule has 130 valence electrons. The quantitative estimate of drug-likeness (QED) is 0.282. The summed E-state index contributed by atoms with van der Waals surface area (Å²) in [5.41, 5.74) is 11.4. The Balaban J connectivity index is 1.98. The highest BCUT2D eigenvalue weighted by Crippen LogP contribution is 2.37. The zero-order valence-electron chi connectivity index (χ0n) is 13.9. The average molecular weight is 475 g/mol. The van der Waals surface area contributed by atoms with Crippen LogP contribution in [0.2, 0.25) is 0 Å². The number of nitrogens with zero attached hydrogens (tertiary/aromatic N) is 2. The molecule has 0 unspecified atom stereocenters. The van der Waals surface area contributed by atoms with Crippen molar-refractivity contribution in [1.29, 1.82) is 0 Å². The largest absolute Gasteiger partial charge is 0.399 e. The molecule has 3 nitrogen and oxygen atoms in total. The third-order valence-corrected chi connectivity index (χ3v) is 6.09. The molecule has 4 rings (SSSR count). The summed E-state index contributed by atoms with van der Waals surface area (Å²) in [6.07, 6.45) is 3.77. The molecule has 0 spiro atoms. The highest BCUT2D eigenvalue weighted by Gasteiger charge is 2.16. The van der Waals surface area contributed by atoms with Crippen molar-refractivity contribution < 1.29 is 4.39 Å². The maximum atomic E-state index is 14.8. The minimum atomic E-state index is -0.195. The van der Waals surface area contributed by atoms with E-state index < -0.39 is 0 Å². The second-order valence-electron chi connectivity index (χ2n) is 6.09. The standard InChI is InChI=1S/C20H15FIN3S/c1-12-4-2-7-16(19(12)21)18-11-25(26-22)20-17(18)9-14(10-24-20)13-5-3-6-15(23)8-13/h2-11H,23H2,1H3. The number of anilines is 1. The van der Waals surface area contributed by atoms with E-state index in [0.29, 0.717) is 16.8 Å². The summed E-state index contributed by atoms with van der Waals surface area (Å²) in [5, 5.41) is 0.915. The van der Waals surface area contributed by atoms with Gasteiger partial charge >= 0.3 is 0 Å². The van der Waals surface area contributed by atoms with Gasteiger partial charge < -0.3 is 5.73 Å². The molecule has 0 fully saturated rings. The number of hydrogen-bond donors (Lipinski definition) is 1. The average Bonchev–Trinajstić information content (AvgIpc) is 3.02. The Hall–Kier alpha value is -2.06. The number of nitrogens with two attached hydrogens (primary N) is 1. The molecule has 0 aliphatic rings. The van der Waals surface area contributed by atoms with E-state index in [9.17, 15) is 4.39 Å². The third kappa shape index (κ3) is 2.97. The van der Waals surface area contributed by atoms with Gasteiger partial charge in [-0.3, -0.25) is 3.97 Å². The van der Waals surface area contributed by atoms with Gasteiger partial charge in [0.2, 0.25) is 0 Å². The molecule has 0 amide bonds. The molecule has 6 heteroatoms. The summed E-state index contributed by atoms with van der Waals surface area (Å²) in [6, 6.07) is 15.2. The van der Waals surface area contributed by atoms with E-state index in [0.717, 1.165) is 27.7 Å². The molecule has 2 N–H and O–H groups in total. The van der Waals surface area contributed by atoms with Gasteiger partial charge in [-0.2, -0.15) is 0 Å². The van der Waals surface area contributed by atoms with E-state index in [-0.39, 0.29) is 5.82 Å². The molecule has 4 aromatic rings. The van der Waals surface area contributed by atoms with Crippen LogP contribution in [0.3, 0.4) is 0 Å². The maximum absolute atomic E-state index is 14.8. The predicted octanol–water partition coefficient (Wildman–Crippen LogP) is 6.25. The van der Waals surface area contributed by atoms with E-state index in [4.69, 9.17) is 5.73 Å². The number of aryl methyl sites for hydroxylation is 1. The van der Waals surface area contributed by atoms with Gasteiger partial charge in [0, 0.05) is 70.5 Å². The topological polar surface area (TPSA) is 43.8 Å². The van der Waals surface area contributed by atoms with Crippen LogP contribution < -0.4 is 5.73 Å². The van der Waals surface area contributed by atoms with Crippen LogP contribution in [0.1, 0.15) is 5.56 Å². The third-order valence-electron chi connectivity index (χ3n) is 4.39. The van der Waals surface area contributed by atoms with Crippen molar-refractivity contribution in [3.8, 4) is 22.3 Å². The first-order valence-electron chi connectivity index (χ1n) is 8.00. The molecular weight excluding hydrogens is 460 g/mol. The monoisotopic (exact) mass is 475 g/mol. The summed E-state index contributed by atoms with van der Waals surface area (Å²) in [4.78, 5) is 4.63. The lowest BCUT2D eigenvalue weighted by atomic mass is 10.0. The predicted molar refractivity (Wildman–Crippen MR) is 117 cm³/mol. The number of fused-ring (bicyclic) bond motifs is 1. The zero-order valence-corrected chi connectivity index (χ0v) is 16.9. The number of nitrogen functional groups attached to an aromatic ring is 1. The number of aromatic nitrogens is 2. The second kappa shape index (κ2) is 6.92. The van der Waals surface area contributed by atoms with Crippen LogP contribution in [-0.2, 0) is 0 Å². The van der Waals surface area contributed by atoms with Gasteiger partial charge in [0.05, 0.1) is 0 Å². The lowest BCUT2D eigenvalue weighted by Gasteiger charge is -2.06. The van der Waals surface area contributed by atoms with Gasteiger partial charge in [-0.05, 0) is 36.2 Å². The van der Waals surface area contributed by atoms with Crippen molar-refractivity contribution in [3.05, 3.63) is 72.3 Å². The summed E-state index contributed by atoms with van der Waals surface area (Å²) in [7, 11) is 1.51. The van der Waals surface area contributed by atoms with Crippen molar-refractivity contribution in [2.24, 2.45) is 0 Å². The van der Waals surface area contributed by atoms with Crippen molar-refractivity contribution in [2.45, 2.75) is 6.92 Å². The van der Waals surface area contributed by atoms with E-state index >= 15 is 0 Å². The van der Waals surface area contributed by atoms with Gasteiger partial charge in [0.25, 0.3) is 0 Å². The first kappa shape index (κ1) is 17.4. The Kier molecular flexibility index (Phi) is 4.62. The molecule has 2 heterocycles. The van der Waals surface area contributed by atoms with Gasteiger partial charge in [0.1, 0.15) is 5.82 Å². The highest BCUT2D eigenvalue weighted by molar-refractivity contribution is 14.2. The molecule has 0 radical (unpaired) electrons.